The first-order valence-corrected chi connectivity index (χ1v) is 10.3. The SMILES string of the molecule is CN(C(=O)CSc1nncn1-c1ccccc1)[C@H]1CCS(=O)(=O)C1. The van der Waals surface area contributed by atoms with Crippen molar-refractivity contribution in [3.05, 3.63) is 36.7 Å². The van der Waals surface area contributed by atoms with E-state index in [1.165, 1.54) is 11.8 Å². The number of hydrogen-bond donors (Lipinski definition) is 0. The molecule has 128 valence electrons. The summed E-state index contributed by atoms with van der Waals surface area (Å²) in [5.41, 5.74) is 0.924. The lowest BCUT2D eigenvalue weighted by molar-refractivity contribution is -0.128. The number of carbonyl (C=O) groups is 1. The van der Waals surface area contributed by atoms with E-state index in [1.54, 1.807) is 18.3 Å². The van der Waals surface area contributed by atoms with E-state index in [0.29, 0.717) is 11.6 Å². The Kier molecular flexibility index (Phi) is 4.91. The molecule has 1 fully saturated rings. The molecule has 0 N–H and O–H groups in total. The average Bonchev–Trinajstić information content (AvgIpc) is 3.18. The smallest absolute Gasteiger partial charge is 0.233 e. The molecule has 2 heterocycles. The number of sulfone groups is 1. The van der Waals surface area contributed by atoms with Crippen molar-refractivity contribution in [3.8, 4) is 5.69 Å². The number of carbonyl (C=O) groups excluding carboxylic acids is 1. The third-order valence-corrected chi connectivity index (χ3v) is 6.70. The van der Waals surface area contributed by atoms with Crippen molar-refractivity contribution in [1.29, 1.82) is 0 Å². The van der Waals surface area contributed by atoms with Crippen molar-refractivity contribution < 1.29 is 13.2 Å². The van der Waals surface area contributed by atoms with Crippen LogP contribution in [0.5, 0.6) is 0 Å². The third kappa shape index (κ3) is 3.78. The van der Waals surface area contributed by atoms with Gasteiger partial charge in [-0.3, -0.25) is 9.36 Å². The maximum Gasteiger partial charge on any atom is 0.233 e. The molecule has 1 aliphatic heterocycles. The summed E-state index contributed by atoms with van der Waals surface area (Å²) in [6.07, 6.45) is 2.12. The molecule has 3 rings (SSSR count). The van der Waals surface area contributed by atoms with E-state index in [1.807, 2.05) is 34.9 Å². The number of hydrogen-bond acceptors (Lipinski definition) is 6. The van der Waals surface area contributed by atoms with Crippen LogP contribution in [0.2, 0.25) is 0 Å². The number of amides is 1. The van der Waals surface area contributed by atoms with Gasteiger partial charge >= 0.3 is 0 Å². The second-order valence-electron chi connectivity index (χ2n) is 5.67. The zero-order valence-corrected chi connectivity index (χ0v) is 14.8. The number of benzene rings is 1. The fraction of sp³-hybridized carbons (Fsp3) is 0.400. The molecule has 1 aliphatic rings. The van der Waals surface area contributed by atoms with Crippen LogP contribution in [0.3, 0.4) is 0 Å². The highest BCUT2D eigenvalue weighted by atomic mass is 32.2. The molecule has 0 saturated carbocycles. The van der Waals surface area contributed by atoms with Crippen molar-refractivity contribution in [2.45, 2.75) is 17.6 Å². The van der Waals surface area contributed by atoms with Crippen LogP contribution >= 0.6 is 11.8 Å². The summed E-state index contributed by atoms with van der Waals surface area (Å²) in [5.74, 6) is 0.299. The Morgan fingerprint density at radius 2 is 2.12 bits per heavy atom. The molecule has 9 heteroatoms. The molecule has 1 saturated heterocycles. The van der Waals surface area contributed by atoms with E-state index in [0.717, 1.165) is 5.69 Å². The third-order valence-electron chi connectivity index (χ3n) is 4.03. The summed E-state index contributed by atoms with van der Waals surface area (Å²) < 4.78 is 24.9. The monoisotopic (exact) mass is 366 g/mol. The molecule has 1 amide bonds. The Labute approximate surface area is 145 Å². The van der Waals surface area contributed by atoms with Crippen LogP contribution in [0.25, 0.3) is 5.69 Å². The van der Waals surface area contributed by atoms with E-state index in [9.17, 15) is 13.2 Å². The lowest BCUT2D eigenvalue weighted by Crippen LogP contribution is -2.38. The first-order chi connectivity index (χ1) is 11.5. The van der Waals surface area contributed by atoms with Gasteiger partial charge in [0.15, 0.2) is 15.0 Å². The summed E-state index contributed by atoms with van der Waals surface area (Å²) >= 11 is 1.29. The van der Waals surface area contributed by atoms with Gasteiger partial charge in [-0.05, 0) is 18.6 Å². The van der Waals surface area contributed by atoms with Gasteiger partial charge in [0.1, 0.15) is 6.33 Å². The number of nitrogens with zero attached hydrogens (tertiary/aromatic N) is 4. The predicted octanol–water partition coefficient (Wildman–Crippen LogP) is 1.00. The topological polar surface area (TPSA) is 85.2 Å². The fourth-order valence-corrected chi connectivity index (χ4v) is 5.23. The molecule has 1 atom stereocenters. The molecule has 0 spiro atoms. The fourth-order valence-electron chi connectivity index (χ4n) is 2.60. The van der Waals surface area contributed by atoms with Crippen molar-refractivity contribution in [2.75, 3.05) is 24.3 Å². The summed E-state index contributed by atoms with van der Waals surface area (Å²) in [7, 11) is -1.34. The number of rotatable bonds is 5. The molecular weight excluding hydrogens is 348 g/mol. The van der Waals surface area contributed by atoms with Gasteiger partial charge in [-0.15, -0.1) is 10.2 Å². The number of aromatic nitrogens is 3. The van der Waals surface area contributed by atoms with Gasteiger partial charge < -0.3 is 4.90 Å². The summed E-state index contributed by atoms with van der Waals surface area (Å²) in [4.78, 5) is 13.9. The lowest BCUT2D eigenvalue weighted by Gasteiger charge is -2.23. The Balaban J connectivity index is 1.62. The van der Waals surface area contributed by atoms with E-state index >= 15 is 0 Å². The Morgan fingerprint density at radius 3 is 2.79 bits per heavy atom. The van der Waals surface area contributed by atoms with Crippen molar-refractivity contribution in [1.82, 2.24) is 19.7 Å². The Bertz CT molecular complexity index is 820. The van der Waals surface area contributed by atoms with Crippen molar-refractivity contribution >= 4 is 27.5 Å². The molecule has 2 aromatic rings. The minimum absolute atomic E-state index is 0.0557. The first kappa shape index (κ1) is 17.0. The van der Waals surface area contributed by atoms with E-state index < -0.39 is 9.84 Å². The van der Waals surface area contributed by atoms with E-state index in [4.69, 9.17) is 0 Å². The van der Waals surface area contributed by atoms with Crippen molar-refractivity contribution in [3.63, 3.8) is 0 Å². The minimum Gasteiger partial charge on any atom is -0.341 e. The molecule has 0 aliphatic carbocycles. The summed E-state index contributed by atoms with van der Waals surface area (Å²) in [5, 5.41) is 8.59. The molecule has 1 aromatic carbocycles. The van der Waals surface area contributed by atoms with Crippen molar-refractivity contribution in [2.24, 2.45) is 0 Å². The van der Waals surface area contributed by atoms with E-state index in [2.05, 4.69) is 10.2 Å². The summed E-state index contributed by atoms with van der Waals surface area (Å²) in [6, 6.07) is 9.41. The van der Waals surface area contributed by atoms with Crippen LogP contribution in [0.15, 0.2) is 41.8 Å². The minimum atomic E-state index is -3.00. The standard InChI is InChI=1S/C15H18N4O3S2/c1-18(13-7-8-24(21,22)10-13)14(20)9-23-15-17-16-11-19(15)12-5-3-2-4-6-12/h2-6,11,13H,7-10H2,1H3/t13-/m0/s1. The van der Waals surface area contributed by atoms with Crippen LogP contribution < -0.4 is 0 Å². The number of para-hydroxylation sites is 1. The quantitative estimate of drug-likeness (QED) is 0.734. The predicted molar refractivity (Wildman–Crippen MR) is 91.9 cm³/mol. The van der Waals surface area contributed by atoms with Gasteiger partial charge in [-0.1, -0.05) is 30.0 Å². The molecule has 0 unspecified atom stereocenters. The summed E-state index contributed by atoms with van der Waals surface area (Å²) in [6.45, 7) is 0. The van der Waals surface area contributed by atoms with Crippen LogP contribution in [-0.2, 0) is 14.6 Å². The maximum absolute atomic E-state index is 12.3. The first-order valence-electron chi connectivity index (χ1n) is 7.50. The highest BCUT2D eigenvalue weighted by molar-refractivity contribution is 7.99. The zero-order valence-electron chi connectivity index (χ0n) is 13.2. The second kappa shape index (κ2) is 6.94. The van der Waals surface area contributed by atoms with Crippen LogP contribution in [-0.4, -0.2) is 64.3 Å². The second-order valence-corrected chi connectivity index (χ2v) is 8.84. The maximum atomic E-state index is 12.3. The largest absolute Gasteiger partial charge is 0.341 e. The van der Waals surface area contributed by atoms with Gasteiger partial charge in [-0.2, -0.15) is 0 Å². The van der Waals surface area contributed by atoms with Crippen LogP contribution in [0.1, 0.15) is 6.42 Å². The number of thioether (sulfide) groups is 1. The van der Waals surface area contributed by atoms with Crippen LogP contribution in [0.4, 0.5) is 0 Å². The average molecular weight is 366 g/mol. The molecule has 1 aromatic heterocycles. The molecule has 0 bridgehead atoms. The Hall–Kier alpha value is -1.87. The van der Waals surface area contributed by atoms with E-state index in [-0.39, 0.29) is 29.2 Å². The normalized spacial score (nSPS) is 19.3. The zero-order chi connectivity index (χ0) is 17.2. The lowest BCUT2D eigenvalue weighted by atomic mass is 10.2. The van der Waals surface area contributed by atoms with Gasteiger partial charge in [0.25, 0.3) is 0 Å². The molecule has 7 nitrogen and oxygen atoms in total. The molecule has 0 radical (unpaired) electrons. The highest BCUT2D eigenvalue weighted by Gasteiger charge is 2.32. The van der Waals surface area contributed by atoms with Gasteiger partial charge in [0, 0.05) is 18.8 Å². The van der Waals surface area contributed by atoms with Crippen LogP contribution in [0, 0.1) is 0 Å². The van der Waals surface area contributed by atoms with Gasteiger partial charge in [-0.25, -0.2) is 8.42 Å². The Morgan fingerprint density at radius 1 is 1.38 bits per heavy atom. The van der Waals surface area contributed by atoms with Gasteiger partial charge in [0.05, 0.1) is 17.3 Å². The van der Waals surface area contributed by atoms with Gasteiger partial charge in [0.2, 0.25) is 5.91 Å². The highest BCUT2D eigenvalue weighted by Crippen LogP contribution is 2.21. The molecule has 24 heavy (non-hydrogen) atoms. The molecular formula is C15H18N4O3S2.